The second kappa shape index (κ2) is 14.2. The van der Waals surface area contributed by atoms with Gasteiger partial charge in [-0.1, -0.05) is 16.9 Å². The normalized spacial score (nSPS) is 21.4. The molecule has 44 heavy (non-hydrogen) atoms. The molecule has 0 spiro atoms. The van der Waals surface area contributed by atoms with E-state index in [4.69, 9.17) is 10.6 Å². The second-order valence-electron chi connectivity index (χ2n) is 10.6. The highest BCUT2D eigenvalue weighted by Gasteiger charge is 2.54. The topological polar surface area (TPSA) is 197 Å². The van der Waals surface area contributed by atoms with E-state index in [-0.39, 0.29) is 22.2 Å². The van der Waals surface area contributed by atoms with Crippen molar-refractivity contribution in [1.29, 1.82) is 0 Å². The summed E-state index contributed by atoms with van der Waals surface area (Å²) < 4.78 is 1.74. The zero-order valence-corrected chi connectivity index (χ0v) is 27.0. The first-order chi connectivity index (χ1) is 21.2. The van der Waals surface area contributed by atoms with Crippen molar-refractivity contribution in [3.8, 4) is 0 Å². The molecule has 238 valence electrons. The van der Waals surface area contributed by atoms with Gasteiger partial charge in [-0.2, -0.15) is 0 Å². The zero-order chi connectivity index (χ0) is 31.4. The minimum atomic E-state index is -1.21. The highest BCUT2D eigenvalue weighted by molar-refractivity contribution is 8.01. The third-order valence-electron chi connectivity index (χ3n) is 7.55. The van der Waals surface area contributed by atoms with Crippen molar-refractivity contribution in [3.63, 3.8) is 0 Å². The van der Waals surface area contributed by atoms with Gasteiger partial charge in [-0.05, 0) is 36.3 Å². The number of aryl methyl sites for hydroxylation is 1. The van der Waals surface area contributed by atoms with Gasteiger partial charge in [-0.15, -0.1) is 28.2 Å². The van der Waals surface area contributed by atoms with Crippen LogP contribution in [0.3, 0.4) is 0 Å². The molecule has 2 amide bonds. The number of rotatable bonds is 13. The SMILES string of the molecule is CO/N=C(/C(=O)NC1C(=O)N2C(C(=O)O)=C(CSc3nnnn3CCCN3CCN(C(C)C)CC3)CS[C@H]12)c1csc(N)n1. The maximum absolute atomic E-state index is 13.1. The fourth-order valence-corrected chi connectivity index (χ4v) is 8.17. The Balaban J connectivity index is 1.17. The number of oxime groups is 1. The number of carbonyl (C=O) groups excluding carboxylic acids is 2. The fraction of sp³-hybridized carbons (Fsp3) is 0.600. The Labute approximate surface area is 266 Å². The molecule has 0 aromatic carbocycles. The predicted molar refractivity (Wildman–Crippen MR) is 166 cm³/mol. The number of amides is 2. The Morgan fingerprint density at radius 1 is 1.27 bits per heavy atom. The first-order valence-corrected chi connectivity index (χ1v) is 17.0. The Hall–Kier alpha value is -3.26. The number of aromatic nitrogens is 5. The average Bonchev–Trinajstić information content (AvgIpc) is 3.65. The van der Waals surface area contributed by atoms with Crippen LogP contribution in [-0.2, 0) is 25.8 Å². The first kappa shape index (κ1) is 32.1. The minimum Gasteiger partial charge on any atom is -0.477 e. The van der Waals surface area contributed by atoms with E-state index < -0.39 is 29.2 Å². The molecule has 2 atom stereocenters. The number of piperazine rings is 1. The van der Waals surface area contributed by atoms with Gasteiger partial charge in [-0.3, -0.25) is 19.4 Å². The number of nitrogens with one attached hydrogen (secondary N) is 1. The van der Waals surface area contributed by atoms with Gasteiger partial charge in [0, 0.05) is 62.2 Å². The smallest absolute Gasteiger partial charge is 0.352 e. The highest BCUT2D eigenvalue weighted by Crippen LogP contribution is 2.41. The number of anilines is 1. The van der Waals surface area contributed by atoms with Crippen molar-refractivity contribution >= 4 is 63.5 Å². The lowest BCUT2D eigenvalue weighted by Gasteiger charge is -2.49. The van der Waals surface area contributed by atoms with Crippen LogP contribution in [0.1, 0.15) is 26.0 Å². The van der Waals surface area contributed by atoms with Crippen LogP contribution < -0.4 is 11.1 Å². The summed E-state index contributed by atoms with van der Waals surface area (Å²) >= 11 is 3.85. The number of carboxylic acids is 1. The van der Waals surface area contributed by atoms with Gasteiger partial charge in [0.05, 0.1) is 0 Å². The molecule has 4 N–H and O–H groups in total. The number of fused-ring (bicyclic) bond motifs is 1. The molecule has 3 aliphatic rings. The average molecular weight is 666 g/mol. The Kier molecular flexibility index (Phi) is 10.4. The molecule has 2 saturated heterocycles. The molecule has 16 nitrogen and oxygen atoms in total. The van der Waals surface area contributed by atoms with Gasteiger partial charge in [0.25, 0.3) is 11.8 Å². The van der Waals surface area contributed by atoms with Gasteiger partial charge in [0.15, 0.2) is 10.8 Å². The maximum Gasteiger partial charge on any atom is 0.352 e. The van der Waals surface area contributed by atoms with Crippen molar-refractivity contribution in [3.05, 3.63) is 22.3 Å². The van der Waals surface area contributed by atoms with Crippen LogP contribution in [0.4, 0.5) is 5.13 Å². The van der Waals surface area contributed by atoms with Crippen LogP contribution in [0.25, 0.3) is 0 Å². The Morgan fingerprint density at radius 2 is 2.05 bits per heavy atom. The lowest BCUT2D eigenvalue weighted by atomic mass is 10.0. The Bertz CT molecular complexity index is 1440. The van der Waals surface area contributed by atoms with E-state index in [1.54, 1.807) is 10.1 Å². The van der Waals surface area contributed by atoms with Crippen LogP contribution in [0, 0.1) is 0 Å². The van der Waals surface area contributed by atoms with E-state index >= 15 is 0 Å². The van der Waals surface area contributed by atoms with Crippen molar-refractivity contribution in [2.45, 2.75) is 49.4 Å². The molecule has 2 aromatic rings. The molecule has 0 bridgehead atoms. The molecule has 5 heterocycles. The van der Waals surface area contributed by atoms with Crippen molar-refractivity contribution < 1.29 is 24.3 Å². The molecule has 0 saturated carbocycles. The number of thioether (sulfide) groups is 2. The molecule has 0 aliphatic carbocycles. The molecule has 19 heteroatoms. The number of nitrogens with zero attached hydrogens (tertiary/aromatic N) is 9. The Morgan fingerprint density at radius 3 is 2.70 bits per heavy atom. The van der Waals surface area contributed by atoms with E-state index in [0.29, 0.717) is 34.8 Å². The largest absolute Gasteiger partial charge is 0.477 e. The number of nitrogens with two attached hydrogens (primary N) is 1. The molecule has 2 fully saturated rings. The molecule has 0 radical (unpaired) electrons. The molecular weight excluding hydrogens is 631 g/mol. The third kappa shape index (κ3) is 7.01. The second-order valence-corrected chi connectivity index (χ2v) is 13.5. The van der Waals surface area contributed by atoms with Crippen molar-refractivity contribution in [2.75, 3.05) is 57.1 Å². The van der Waals surface area contributed by atoms with Crippen molar-refractivity contribution in [1.82, 2.24) is 45.2 Å². The molecule has 5 rings (SSSR count). The number of carbonyl (C=O) groups is 3. The van der Waals surface area contributed by atoms with E-state index in [1.165, 1.54) is 35.5 Å². The summed E-state index contributed by atoms with van der Waals surface area (Å²) in [5.74, 6) is -1.75. The fourth-order valence-electron chi connectivity index (χ4n) is 5.24. The monoisotopic (exact) mass is 665 g/mol. The van der Waals surface area contributed by atoms with Gasteiger partial charge in [0.2, 0.25) is 5.16 Å². The number of hydrogen-bond donors (Lipinski definition) is 3. The summed E-state index contributed by atoms with van der Waals surface area (Å²) in [6.07, 6.45) is 0.892. The minimum absolute atomic E-state index is 0.0747. The molecule has 2 aromatic heterocycles. The number of nitrogen functional groups attached to an aromatic ring is 1. The van der Waals surface area contributed by atoms with Crippen LogP contribution in [0.15, 0.2) is 27.0 Å². The summed E-state index contributed by atoms with van der Waals surface area (Å²) in [7, 11) is 1.29. The summed E-state index contributed by atoms with van der Waals surface area (Å²) in [4.78, 5) is 53.5. The lowest BCUT2D eigenvalue weighted by Crippen LogP contribution is -2.71. The standard InChI is InChI=1S/C25H35N11O5S3/c1-14(2)34-9-7-33(8-10-34)5-4-6-35-25(29-31-32-35)44-12-15-11-42-22-18(21(38)36(22)19(15)23(39)40)28-20(37)17(30-41-3)16-13-43-24(26)27-16/h13-14,18,22H,4-12H2,1-3H3,(H2,26,27)(H,28,37)(H,39,40)/b30-17+/t18?,22-/m1/s1. The van der Waals surface area contributed by atoms with Gasteiger partial charge >= 0.3 is 5.97 Å². The van der Waals surface area contributed by atoms with E-state index in [9.17, 15) is 19.5 Å². The molecule has 1 unspecified atom stereocenters. The maximum atomic E-state index is 13.1. The lowest BCUT2D eigenvalue weighted by molar-refractivity contribution is -0.150. The number of hydrogen-bond acceptors (Lipinski definition) is 15. The quantitative estimate of drug-likeness (QED) is 0.112. The van der Waals surface area contributed by atoms with E-state index in [2.05, 4.69) is 54.6 Å². The van der Waals surface area contributed by atoms with Crippen molar-refractivity contribution in [2.24, 2.45) is 5.16 Å². The first-order valence-electron chi connectivity index (χ1n) is 14.1. The number of aliphatic carboxylic acids is 1. The van der Waals surface area contributed by atoms with Crippen LogP contribution in [0.5, 0.6) is 0 Å². The van der Waals surface area contributed by atoms with Crippen LogP contribution in [-0.4, -0.2) is 137 Å². The van der Waals surface area contributed by atoms with Crippen LogP contribution in [0.2, 0.25) is 0 Å². The van der Waals surface area contributed by atoms with E-state index in [1.807, 2.05) is 0 Å². The number of β-lactam (4-membered cyclic amide) rings is 1. The molecule has 3 aliphatic heterocycles. The summed E-state index contributed by atoms with van der Waals surface area (Å²) in [6.45, 7) is 10.3. The number of tetrazole rings is 1. The summed E-state index contributed by atoms with van der Waals surface area (Å²) in [6, 6.07) is -0.372. The summed E-state index contributed by atoms with van der Waals surface area (Å²) in [5, 5.41) is 30.3. The zero-order valence-electron chi connectivity index (χ0n) is 24.6. The van der Waals surface area contributed by atoms with Gasteiger partial charge < -0.3 is 25.9 Å². The van der Waals surface area contributed by atoms with E-state index in [0.717, 1.165) is 50.5 Å². The van der Waals surface area contributed by atoms with Gasteiger partial charge in [0.1, 0.15) is 29.9 Å². The summed E-state index contributed by atoms with van der Waals surface area (Å²) in [5.41, 5.74) is 6.27. The highest BCUT2D eigenvalue weighted by atomic mass is 32.2. The van der Waals surface area contributed by atoms with Gasteiger partial charge in [-0.25, -0.2) is 14.5 Å². The molecular formula is C25H35N11O5S3. The number of carboxylic acid groups (broad SMARTS) is 1. The predicted octanol–water partition coefficient (Wildman–Crippen LogP) is 0.00930. The van der Waals surface area contributed by atoms with Crippen LogP contribution >= 0.6 is 34.9 Å². The number of thiazole rings is 1. The third-order valence-corrected chi connectivity index (χ3v) is 10.6.